The van der Waals surface area contributed by atoms with Gasteiger partial charge in [-0.05, 0) is 18.2 Å². The van der Waals surface area contributed by atoms with Crippen LogP contribution in [0.15, 0.2) is 23.1 Å². The molecule has 11 heteroatoms. The average Bonchev–Trinajstić information content (AvgIpc) is 2.44. The fourth-order valence-corrected chi connectivity index (χ4v) is 2.98. The standard InChI is InChI=1S/C12H14ClF3N2O4S/c1-22-5-4-17-11(19)7-18-23(20,21)10-6-8(12(14,15)16)2-3-9(10)13/h2-3,6,18H,4-5,7H2,1H3,(H,17,19). The van der Waals surface area contributed by atoms with Gasteiger partial charge in [0.1, 0.15) is 4.90 Å². The van der Waals surface area contributed by atoms with E-state index in [1.165, 1.54) is 7.11 Å². The molecule has 0 fully saturated rings. The summed E-state index contributed by atoms with van der Waals surface area (Å²) in [5.74, 6) is -0.659. The number of sulfonamides is 1. The molecule has 0 radical (unpaired) electrons. The van der Waals surface area contributed by atoms with E-state index in [-0.39, 0.29) is 18.2 Å². The number of hydrogen-bond acceptors (Lipinski definition) is 4. The van der Waals surface area contributed by atoms with Crippen LogP contribution in [0.4, 0.5) is 13.2 Å². The maximum Gasteiger partial charge on any atom is 0.416 e. The summed E-state index contributed by atoms with van der Waals surface area (Å²) in [5, 5.41) is 1.97. The number of carbonyl (C=O) groups excluding carboxylic acids is 1. The Morgan fingerprint density at radius 1 is 1.35 bits per heavy atom. The molecule has 6 nitrogen and oxygen atoms in total. The van der Waals surface area contributed by atoms with Crippen LogP contribution < -0.4 is 10.0 Å². The third-order valence-corrected chi connectivity index (χ3v) is 4.48. The SMILES string of the molecule is COCCNC(=O)CNS(=O)(=O)c1cc(C(F)(F)F)ccc1Cl. The first-order valence-electron chi connectivity index (χ1n) is 6.20. The molecule has 0 bridgehead atoms. The molecule has 0 aliphatic carbocycles. The molecule has 1 aromatic carbocycles. The third-order valence-electron chi connectivity index (χ3n) is 2.60. The highest BCUT2D eigenvalue weighted by Gasteiger charge is 2.32. The van der Waals surface area contributed by atoms with Crippen LogP contribution in [0.25, 0.3) is 0 Å². The van der Waals surface area contributed by atoms with Crippen LogP contribution >= 0.6 is 11.6 Å². The van der Waals surface area contributed by atoms with E-state index in [9.17, 15) is 26.4 Å². The van der Waals surface area contributed by atoms with Crippen LogP contribution in [0.5, 0.6) is 0 Å². The molecule has 1 rings (SSSR count). The predicted octanol–water partition coefficient (Wildman–Crippen LogP) is 1.40. The number of ether oxygens (including phenoxy) is 1. The van der Waals surface area contributed by atoms with E-state index in [1.807, 2.05) is 4.72 Å². The first-order valence-corrected chi connectivity index (χ1v) is 8.06. The molecule has 2 N–H and O–H groups in total. The lowest BCUT2D eigenvalue weighted by Gasteiger charge is -2.12. The van der Waals surface area contributed by atoms with Crippen molar-refractivity contribution in [1.82, 2.24) is 10.0 Å². The largest absolute Gasteiger partial charge is 0.416 e. The van der Waals surface area contributed by atoms with Crippen LogP contribution in [0.3, 0.4) is 0 Å². The maximum absolute atomic E-state index is 12.6. The van der Waals surface area contributed by atoms with E-state index in [0.717, 1.165) is 6.07 Å². The number of rotatable bonds is 7. The molecule has 0 atom stereocenters. The molecule has 1 amide bonds. The predicted molar refractivity (Wildman–Crippen MR) is 76.5 cm³/mol. The summed E-state index contributed by atoms with van der Waals surface area (Å²) in [6, 6.07) is 1.91. The summed E-state index contributed by atoms with van der Waals surface area (Å²) in [7, 11) is -2.95. The first-order chi connectivity index (χ1) is 10.6. The molecule has 1 aromatic rings. The number of alkyl halides is 3. The average molecular weight is 375 g/mol. The highest BCUT2D eigenvalue weighted by atomic mass is 35.5. The smallest absolute Gasteiger partial charge is 0.383 e. The minimum Gasteiger partial charge on any atom is -0.383 e. The van der Waals surface area contributed by atoms with Crippen LogP contribution in [0, 0.1) is 0 Å². The van der Waals surface area contributed by atoms with Gasteiger partial charge in [0.15, 0.2) is 0 Å². The normalized spacial score (nSPS) is 12.2. The zero-order valence-electron chi connectivity index (χ0n) is 11.9. The summed E-state index contributed by atoms with van der Waals surface area (Å²) in [4.78, 5) is 10.6. The third kappa shape index (κ3) is 5.98. The second kappa shape index (κ2) is 7.95. The fourth-order valence-electron chi connectivity index (χ4n) is 1.48. The van der Waals surface area contributed by atoms with E-state index >= 15 is 0 Å². The summed E-state index contributed by atoms with van der Waals surface area (Å²) >= 11 is 5.64. The molecular formula is C12H14ClF3N2O4S. The van der Waals surface area contributed by atoms with Gasteiger partial charge in [0, 0.05) is 13.7 Å². The van der Waals surface area contributed by atoms with Crippen molar-refractivity contribution < 1.29 is 31.1 Å². The Labute approximate surface area is 136 Å². The highest BCUT2D eigenvalue weighted by molar-refractivity contribution is 7.89. The Morgan fingerprint density at radius 2 is 2.00 bits per heavy atom. The second-order valence-corrected chi connectivity index (χ2v) is 6.45. The Hall–Kier alpha value is -1.36. The van der Waals surface area contributed by atoms with E-state index in [1.54, 1.807) is 0 Å². The molecule has 0 aromatic heterocycles. The van der Waals surface area contributed by atoms with Crippen LogP contribution in [0.2, 0.25) is 5.02 Å². The number of hydrogen-bond donors (Lipinski definition) is 2. The number of nitrogens with one attached hydrogen (secondary N) is 2. The van der Waals surface area contributed by atoms with Gasteiger partial charge in [-0.15, -0.1) is 0 Å². The lowest BCUT2D eigenvalue weighted by molar-refractivity contribution is -0.137. The zero-order chi connectivity index (χ0) is 17.7. The Bertz CT molecular complexity index is 665. The quantitative estimate of drug-likeness (QED) is 0.707. The van der Waals surface area contributed by atoms with Gasteiger partial charge in [0.05, 0.1) is 23.7 Å². The first kappa shape index (κ1) is 19.7. The molecule has 0 saturated heterocycles. The number of methoxy groups -OCH3 is 1. The van der Waals surface area contributed by atoms with Crippen LogP contribution in [0.1, 0.15) is 5.56 Å². The van der Waals surface area contributed by atoms with Gasteiger partial charge in [-0.25, -0.2) is 13.1 Å². The van der Waals surface area contributed by atoms with E-state index in [0.29, 0.717) is 12.1 Å². The summed E-state index contributed by atoms with van der Waals surface area (Å²) < 4.78 is 68.5. The van der Waals surface area contributed by atoms with Crippen molar-refractivity contribution in [2.75, 3.05) is 26.8 Å². The molecule has 0 heterocycles. The minimum absolute atomic E-state index is 0.168. The topological polar surface area (TPSA) is 84.5 Å². The van der Waals surface area contributed by atoms with Gasteiger partial charge in [-0.3, -0.25) is 4.79 Å². The van der Waals surface area contributed by atoms with Gasteiger partial charge in [0.2, 0.25) is 15.9 Å². The van der Waals surface area contributed by atoms with Gasteiger partial charge in [0.25, 0.3) is 0 Å². The van der Waals surface area contributed by atoms with Crippen molar-refractivity contribution in [3.63, 3.8) is 0 Å². The molecule has 0 spiro atoms. The second-order valence-electron chi connectivity index (χ2n) is 4.31. The van der Waals surface area contributed by atoms with Crippen molar-refractivity contribution in [3.8, 4) is 0 Å². The summed E-state index contributed by atoms with van der Waals surface area (Å²) in [5.41, 5.74) is -1.16. The highest BCUT2D eigenvalue weighted by Crippen LogP contribution is 2.33. The lowest BCUT2D eigenvalue weighted by atomic mass is 10.2. The zero-order valence-corrected chi connectivity index (χ0v) is 13.5. The van der Waals surface area contributed by atoms with Gasteiger partial charge in [-0.2, -0.15) is 13.2 Å². The van der Waals surface area contributed by atoms with Gasteiger partial charge < -0.3 is 10.1 Å². The van der Waals surface area contributed by atoms with Crippen molar-refractivity contribution in [3.05, 3.63) is 28.8 Å². The number of benzene rings is 1. The van der Waals surface area contributed by atoms with Crippen molar-refractivity contribution in [1.29, 1.82) is 0 Å². The lowest BCUT2D eigenvalue weighted by Crippen LogP contribution is -2.38. The van der Waals surface area contributed by atoms with Gasteiger partial charge >= 0.3 is 6.18 Å². The maximum atomic E-state index is 12.6. The van der Waals surface area contributed by atoms with E-state index in [4.69, 9.17) is 16.3 Å². The summed E-state index contributed by atoms with van der Waals surface area (Å²) in [6.45, 7) is -0.238. The van der Waals surface area contributed by atoms with Crippen LogP contribution in [-0.2, 0) is 25.7 Å². The molecule has 23 heavy (non-hydrogen) atoms. The minimum atomic E-state index is -4.72. The Kier molecular flexibility index (Phi) is 6.81. The molecule has 0 unspecified atom stereocenters. The molecule has 0 aliphatic rings. The monoisotopic (exact) mass is 374 g/mol. The fraction of sp³-hybridized carbons (Fsp3) is 0.417. The van der Waals surface area contributed by atoms with Crippen LogP contribution in [-0.4, -0.2) is 41.1 Å². The number of halogens is 4. The molecular weight excluding hydrogens is 361 g/mol. The molecule has 0 aliphatic heterocycles. The van der Waals surface area contributed by atoms with Crippen molar-refractivity contribution in [2.24, 2.45) is 0 Å². The molecule has 130 valence electrons. The van der Waals surface area contributed by atoms with E-state index in [2.05, 4.69) is 5.32 Å². The number of amides is 1. The van der Waals surface area contributed by atoms with Crippen molar-refractivity contribution in [2.45, 2.75) is 11.1 Å². The van der Waals surface area contributed by atoms with Crippen molar-refractivity contribution >= 4 is 27.5 Å². The Morgan fingerprint density at radius 3 is 2.57 bits per heavy atom. The Balaban J connectivity index is 2.86. The van der Waals surface area contributed by atoms with Gasteiger partial charge in [-0.1, -0.05) is 11.6 Å². The number of carbonyl (C=O) groups is 1. The van der Waals surface area contributed by atoms with E-state index < -0.39 is 39.1 Å². The molecule has 0 saturated carbocycles. The summed E-state index contributed by atoms with van der Waals surface area (Å²) in [6.07, 6.45) is -4.72.